The minimum Gasteiger partial charge on any atom is -0.305 e. The molecule has 0 bridgehead atoms. The quantitative estimate of drug-likeness (QED) is 0.804. The summed E-state index contributed by atoms with van der Waals surface area (Å²) in [6, 6.07) is 1.18. The summed E-state index contributed by atoms with van der Waals surface area (Å²) in [5.74, 6) is 0. The number of hydrogen-bond donors (Lipinski definition) is 1. The molecule has 0 spiro atoms. The van der Waals surface area contributed by atoms with Crippen molar-refractivity contribution in [3.63, 3.8) is 0 Å². The number of rotatable bonds is 3. The third-order valence-electron chi connectivity index (χ3n) is 2.60. The molecule has 0 aliphatic heterocycles. The van der Waals surface area contributed by atoms with Gasteiger partial charge in [-0.15, -0.1) is 11.3 Å². The van der Waals surface area contributed by atoms with Crippen molar-refractivity contribution in [2.24, 2.45) is 0 Å². The second kappa shape index (κ2) is 3.76. The molecular weight excluding hydrogens is 180 g/mol. The highest BCUT2D eigenvalue weighted by Gasteiger charge is 2.20. The molecule has 1 aromatic rings. The van der Waals surface area contributed by atoms with Crippen LogP contribution in [0.5, 0.6) is 0 Å². The Balaban J connectivity index is 1.92. The standard InChI is InChI=1S/C10H16N2S/c1-7-6-11-10(13-7)8(2)12-9-4-3-5-9/h6,8-9,12H,3-5H2,1-2H3. The van der Waals surface area contributed by atoms with Crippen molar-refractivity contribution in [3.8, 4) is 0 Å². The van der Waals surface area contributed by atoms with E-state index in [4.69, 9.17) is 0 Å². The van der Waals surface area contributed by atoms with Crippen LogP contribution in [-0.4, -0.2) is 11.0 Å². The monoisotopic (exact) mass is 196 g/mol. The molecule has 13 heavy (non-hydrogen) atoms. The fourth-order valence-corrected chi connectivity index (χ4v) is 2.36. The van der Waals surface area contributed by atoms with Crippen LogP contribution in [0.4, 0.5) is 0 Å². The highest BCUT2D eigenvalue weighted by atomic mass is 32.1. The third kappa shape index (κ3) is 2.09. The first-order valence-electron chi connectivity index (χ1n) is 4.94. The molecule has 3 heteroatoms. The molecule has 0 aromatic carbocycles. The summed E-state index contributed by atoms with van der Waals surface area (Å²) in [7, 11) is 0. The van der Waals surface area contributed by atoms with Gasteiger partial charge in [-0.2, -0.15) is 0 Å². The first kappa shape index (κ1) is 9.16. The maximum absolute atomic E-state index is 4.38. The van der Waals surface area contributed by atoms with Crippen molar-refractivity contribution in [1.29, 1.82) is 0 Å². The molecule has 2 rings (SSSR count). The Labute approximate surface area is 83.4 Å². The number of nitrogens with zero attached hydrogens (tertiary/aromatic N) is 1. The first-order chi connectivity index (χ1) is 6.25. The van der Waals surface area contributed by atoms with Crippen molar-refractivity contribution in [2.75, 3.05) is 0 Å². The number of aryl methyl sites for hydroxylation is 1. The molecule has 1 aromatic heterocycles. The van der Waals surface area contributed by atoms with Gasteiger partial charge in [-0.1, -0.05) is 6.42 Å². The van der Waals surface area contributed by atoms with Crippen molar-refractivity contribution in [2.45, 2.75) is 45.2 Å². The first-order valence-corrected chi connectivity index (χ1v) is 5.76. The Morgan fingerprint density at radius 1 is 1.62 bits per heavy atom. The molecule has 1 aliphatic carbocycles. The van der Waals surface area contributed by atoms with Crippen LogP contribution in [0.1, 0.15) is 42.1 Å². The van der Waals surface area contributed by atoms with Crippen molar-refractivity contribution in [1.82, 2.24) is 10.3 Å². The summed E-state index contributed by atoms with van der Waals surface area (Å²) in [6.45, 7) is 4.31. The fraction of sp³-hybridized carbons (Fsp3) is 0.700. The SMILES string of the molecule is Cc1cnc(C(C)NC2CCC2)s1. The zero-order valence-corrected chi connectivity index (χ0v) is 9.03. The van der Waals surface area contributed by atoms with E-state index in [1.807, 2.05) is 6.20 Å². The van der Waals surface area contributed by atoms with Gasteiger partial charge in [0.2, 0.25) is 0 Å². The lowest BCUT2D eigenvalue weighted by atomic mass is 9.92. The normalized spacial score (nSPS) is 19.8. The van der Waals surface area contributed by atoms with Gasteiger partial charge < -0.3 is 5.32 Å². The predicted molar refractivity (Wildman–Crippen MR) is 56.0 cm³/mol. The van der Waals surface area contributed by atoms with Crippen LogP contribution in [0.25, 0.3) is 0 Å². The van der Waals surface area contributed by atoms with E-state index < -0.39 is 0 Å². The molecule has 0 saturated heterocycles. The maximum Gasteiger partial charge on any atom is 0.109 e. The van der Waals surface area contributed by atoms with E-state index in [-0.39, 0.29) is 0 Å². The Morgan fingerprint density at radius 2 is 2.38 bits per heavy atom. The van der Waals surface area contributed by atoms with E-state index in [2.05, 4.69) is 24.1 Å². The minimum absolute atomic E-state index is 0.434. The van der Waals surface area contributed by atoms with E-state index in [9.17, 15) is 0 Å². The summed E-state index contributed by atoms with van der Waals surface area (Å²) in [6.07, 6.45) is 6.03. The van der Waals surface area contributed by atoms with Gasteiger partial charge >= 0.3 is 0 Å². The molecule has 1 fully saturated rings. The van der Waals surface area contributed by atoms with Crippen LogP contribution in [-0.2, 0) is 0 Å². The van der Waals surface area contributed by atoms with E-state index >= 15 is 0 Å². The third-order valence-corrected chi connectivity index (χ3v) is 3.70. The van der Waals surface area contributed by atoms with Crippen molar-refractivity contribution >= 4 is 11.3 Å². The molecule has 1 heterocycles. The molecule has 2 nitrogen and oxygen atoms in total. The number of hydrogen-bond acceptors (Lipinski definition) is 3. The van der Waals surface area contributed by atoms with Gasteiger partial charge in [0.1, 0.15) is 5.01 Å². The van der Waals surface area contributed by atoms with E-state index in [0.717, 1.165) is 6.04 Å². The van der Waals surface area contributed by atoms with Gasteiger partial charge in [0.05, 0.1) is 6.04 Å². The average Bonchev–Trinajstić information content (AvgIpc) is 2.44. The molecule has 72 valence electrons. The summed E-state index contributed by atoms with van der Waals surface area (Å²) >= 11 is 1.80. The molecule has 1 N–H and O–H groups in total. The second-order valence-electron chi connectivity index (χ2n) is 3.83. The molecule has 1 unspecified atom stereocenters. The molecule has 1 saturated carbocycles. The zero-order chi connectivity index (χ0) is 9.26. The summed E-state index contributed by atoms with van der Waals surface area (Å²) < 4.78 is 0. The number of aromatic nitrogens is 1. The van der Waals surface area contributed by atoms with E-state index in [1.54, 1.807) is 11.3 Å². The smallest absolute Gasteiger partial charge is 0.109 e. The second-order valence-corrected chi connectivity index (χ2v) is 5.09. The van der Waals surface area contributed by atoms with Crippen molar-refractivity contribution in [3.05, 3.63) is 16.1 Å². The fourth-order valence-electron chi connectivity index (χ4n) is 1.57. The van der Waals surface area contributed by atoms with Gasteiger partial charge in [0.15, 0.2) is 0 Å². The average molecular weight is 196 g/mol. The highest BCUT2D eigenvalue weighted by molar-refractivity contribution is 7.11. The van der Waals surface area contributed by atoms with Gasteiger partial charge in [-0.25, -0.2) is 4.98 Å². The lowest BCUT2D eigenvalue weighted by Gasteiger charge is -2.29. The van der Waals surface area contributed by atoms with Crippen LogP contribution in [0.15, 0.2) is 6.20 Å². The van der Waals surface area contributed by atoms with Crippen LogP contribution in [0, 0.1) is 6.92 Å². The van der Waals surface area contributed by atoms with Gasteiger partial charge in [-0.3, -0.25) is 0 Å². The predicted octanol–water partition coefficient (Wildman–Crippen LogP) is 2.65. The van der Waals surface area contributed by atoms with Crippen LogP contribution in [0.3, 0.4) is 0 Å². The Bertz CT molecular complexity index is 278. The molecule has 1 aliphatic rings. The van der Waals surface area contributed by atoms with E-state index in [1.165, 1.54) is 29.1 Å². The summed E-state index contributed by atoms with van der Waals surface area (Å²) in [4.78, 5) is 5.69. The Hall–Kier alpha value is -0.410. The van der Waals surface area contributed by atoms with Crippen molar-refractivity contribution < 1.29 is 0 Å². The lowest BCUT2D eigenvalue weighted by molar-refractivity contribution is 0.313. The summed E-state index contributed by atoms with van der Waals surface area (Å²) in [5.41, 5.74) is 0. The van der Waals surface area contributed by atoms with Gasteiger partial charge in [-0.05, 0) is 26.7 Å². The minimum atomic E-state index is 0.434. The number of nitrogens with one attached hydrogen (secondary N) is 1. The molecular formula is C10H16N2S. The van der Waals surface area contributed by atoms with Gasteiger partial charge in [0.25, 0.3) is 0 Å². The Kier molecular flexibility index (Phi) is 2.65. The highest BCUT2D eigenvalue weighted by Crippen LogP contribution is 2.24. The Morgan fingerprint density at radius 3 is 2.85 bits per heavy atom. The van der Waals surface area contributed by atoms with Crippen LogP contribution in [0.2, 0.25) is 0 Å². The molecule has 0 amide bonds. The van der Waals surface area contributed by atoms with Gasteiger partial charge in [0, 0.05) is 17.1 Å². The van der Waals surface area contributed by atoms with E-state index in [0.29, 0.717) is 6.04 Å². The molecule has 0 radical (unpaired) electrons. The van der Waals surface area contributed by atoms with Crippen LogP contribution < -0.4 is 5.32 Å². The maximum atomic E-state index is 4.38. The van der Waals surface area contributed by atoms with Crippen LogP contribution >= 0.6 is 11.3 Å². The zero-order valence-electron chi connectivity index (χ0n) is 8.21. The topological polar surface area (TPSA) is 24.9 Å². The number of thiazole rings is 1. The summed E-state index contributed by atoms with van der Waals surface area (Å²) in [5, 5.41) is 4.82. The lowest BCUT2D eigenvalue weighted by Crippen LogP contribution is -2.36. The molecule has 1 atom stereocenters. The largest absolute Gasteiger partial charge is 0.305 e.